The SMILES string of the molecule is C[C@]12CCC3C(CC=C4CC(OC(=O)CC[NH+]5CCCC5)CC[C@]43C)C1CCC2=O. The molecule has 4 heteroatoms. The minimum absolute atomic E-state index is 0.00944. The number of ketones is 1. The van der Waals surface area contributed by atoms with Gasteiger partial charge in [-0.3, -0.25) is 9.59 Å². The molecule has 6 atom stereocenters. The molecular weight excluding hydrogens is 374 g/mol. The number of fused-ring (bicyclic) bond motifs is 5. The second kappa shape index (κ2) is 7.76. The van der Waals surface area contributed by atoms with Crippen LogP contribution in [-0.4, -0.2) is 37.5 Å². The van der Waals surface area contributed by atoms with Crippen LogP contribution in [0.1, 0.15) is 84.5 Å². The molecule has 1 saturated heterocycles. The fraction of sp³-hybridized carbons (Fsp3) is 0.846. The number of esters is 1. The average Bonchev–Trinajstić information content (AvgIpc) is 3.35. The summed E-state index contributed by atoms with van der Waals surface area (Å²) in [5.41, 5.74) is 1.75. The number of allylic oxidation sites excluding steroid dienone is 1. The largest absolute Gasteiger partial charge is 0.462 e. The van der Waals surface area contributed by atoms with Crippen LogP contribution >= 0.6 is 0 Å². The quantitative estimate of drug-likeness (QED) is 0.566. The van der Waals surface area contributed by atoms with E-state index in [4.69, 9.17) is 4.74 Å². The number of Topliss-reactive ketones (excluding diaryl/α,β-unsaturated/α-hetero) is 1. The minimum atomic E-state index is -0.0487. The van der Waals surface area contributed by atoms with E-state index in [-0.39, 0.29) is 22.9 Å². The maximum Gasteiger partial charge on any atom is 0.311 e. The van der Waals surface area contributed by atoms with E-state index in [0.29, 0.717) is 30.0 Å². The number of rotatable bonds is 4. The molecule has 4 aliphatic carbocycles. The molecule has 0 aromatic heterocycles. The highest BCUT2D eigenvalue weighted by molar-refractivity contribution is 5.87. The molecule has 1 N–H and O–H groups in total. The zero-order valence-electron chi connectivity index (χ0n) is 19.0. The van der Waals surface area contributed by atoms with Crippen molar-refractivity contribution >= 4 is 11.8 Å². The highest BCUT2D eigenvalue weighted by Gasteiger charge is 2.58. The van der Waals surface area contributed by atoms with Crippen LogP contribution in [0.25, 0.3) is 0 Å². The summed E-state index contributed by atoms with van der Waals surface area (Å²) in [4.78, 5) is 26.6. The Hall–Kier alpha value is -1.16. The van der Waals surface area contributed by atoms with Crippen molar-refractivity contribution < 1.29 is 19.2 Å². The van der Waals surface area contributed by atoms with Crippen LogP contribution < -0.4 is 4.90 Å². The summed E-state index contributed by atoms with van der Waals surface area (Å²) < 4.78 is 5.94. The number of likely N-dealkylation sites (tertiary alicyclic amines) is 1. The topological polar surface area (TPSA) is 47.8 Å². The lowest BCUT2D eigenvalue weighted by molar-refractivity contribution is -0.886. The molecule has 1 aliphatic heterocycles. The first-order valence-electron chi connectivity index (χ1n) is 12.7. The first-order valence-corrected chi connectivity index (χ1v) is 12.7. The van der Waals surface area contributed by atoms with Crippen molar-refractivity contribution in [2.45, 2.75) is 90.6 Å². The van der Waals surface area contributed by atoms with Crippen LogP contribution in [0, 0.1) is 28.6 Å². The number of quaternary nitrogens is 1. The molecule has 1 heterocycles. The van der Waals surface area contributed by atoms with E-state index in [9.17, 15) is 9.59 Å². The number of hydrogen-bond donors (Lipinski definition) is 1. The van der Waals surface area contributed by atoms with E-state index >= 15 is 0 Å². The van der Waals surface area contributed by atoms with Crippen molar-refractivity contribution in [3.63, 3.8) is 0 Å². The summed E-state index contributed by atoms with van der Waals surface area (Å²) in [5, 5.41) is 0. The lowest BCUT2D eigenvalue weighted by atomic mass is 9.48. The monoisotopic (exact) mass is 414 g/mol. The summed E-state index contributed by atoms with van der Waals surface area (Å²) in [6.45, 7) is 8.11. The molecule has 0 aromatic rings. The molecule has 0 aromatic carbocycles. The smallest absolute Gasteiger partial charge is 0.311 e. The summed E-state index contributed by atoms with van der Waals surface area (Å²) in [6, 6.07) is 0. The molecule has 0 amide bonds. The predicted octanol–water partition coefficient (Wildman–Crippen LogP) is 3.50. The average molecular weight is 415 g/mol. The number of ether oxygens (including phenoxy) is 1. The van der Waals surface area contributed by atoms with E-state index in [2.05, 4.69) is 19.9 Å². The van der Waals surface area contributed by atoms with Gasteiger partial charge in [-0.05, 0) is 61.7 Å². The third-order valence-corrected chi connectivity index (χ3v) is 10.1. The lowest BCUT2D eigenvalue weighted by Gasteiger charge is -2.56. The van der Waals surface area contributed by atoms with Gasteiger partial charge in [-0.2, -0.15) is 0 Å². The molecule has 166 valence electrons. The fourth-order valence-electron chi connectivity index (χ4n) is 8.15. The van der Waals surface area contributed by atoms with Gasteiger partial charge < -0.3 is 9.64 Å². The first kappa shape index (κ1) is 20.7. The zero-order chi connectivity index (χ0) is 20.9. The summed E-state index contributed by atoms with van der Waals surface area (Å²) in [5.74, 6) is 2.50. The Kier molecular flexibility index (Phi) is 5.36. The van der Waals surface area contributed by atoms with Crippen molar-refractivity contribution in [1.82, 2.24) is 0 Å². The predicted molar refractivity (Wildman–Crippen MR) is 116 cm³/mol. The van der Waals surface area contributed by atoms with Gasteiger partial charge in [0.05, 0.1) is 26.1 Å². The van der Waals surface area contributed by atoms with Crippen LogP contribution in [0.15, 0.2) is 11.6 Å². The zero-order valence-corrected chi connectivity index (χ0v) is 19.0. The Morgan fingerprint density at radius 3 is 2.63 bits per heavy atom. The van der Waals surface area contributed by atoms with Crippen LogP contribution in [0.4, 0.5) is 0 Å². The molecule has 5 aliphatic rings. The van der Waals surface area contributed by atoms with Gasteiger partial charge in [0.2, 0.25) is 0 Å². The van der Waals surface area contributed by atoms with Gasteiger partial charge >= 0.3 is 5.97 Å². The number of carbonyl (C=O) groups excluding carboxylic acids is 2. The Morgan fingerprint density at radius 2 is 1.83 bits per heavy atom. The van der Waals surface area contributed by atoms with Crippen molar-refractivity contribution in [2.75, 3.05) is 19.6 Å². The second-order valence-corrected chi connectivity index (χ2v) is 11.5. The number of carbonyl (C=O) groups is 2. The van der Waals surface area contributed by atoms with Crippen molar-refractivity contribution in [2.24, 2.45) is 28.6 Å². The van der Waals surface area contributed by atoms with E-state index in [1.165, 1.54) is 32.4 Å². The van der Waals surface area contributed by atoms with Gasteiger partial charge in [0.25, 0.3) is 0 Å². The van der Waals surface area contributed by atoms with Crippen LogP contribution in [0.2, 0.25) is 0 Å². The maximum atomic E-state index is 12.6. The van der Waals surface area contributed by atoms with Crippen LogP contribution in [0.3, 0.4) is 0 Å². The van der Waals surface area contributed by atoms with E-state index in [1.807, 2.05) is 0 Å². The molecule has 4 fully saturated rings. The molecule has 4 nitrogen and oxygen atoms in total. The third kappa shape index (κ3) is 3.38. The van der Waals surface area contributed by atoms with Gasteiger partial charge in [-0.1, -0.05) is 25.5 Å². The van der Waals surface area contributed by atoms with E-state index in [0.717, 1.165) is 51.5 Å². The molecule has 5 rings (SSSR count). The molecule has 3 saturated carbocycles. The highest BCUT2D eigenvalue weighted by Crippen LogP contribution is 2.64. The summed E-state index contributed by atoms with van der Waals surface area (Å²) in [7, 11) is 0. The molecule has 30 heavy (non-hydrogen) atoms. The van der Waals surface area contributed by atoms with Crippen molar-refractivity contribution in [1.29, 1.82) is 0 Å². The Bertz CT molecular complexity index is 739. The Labute approximate surface area is 181 Å². The first-order chi connectivity index (χ1) is 14.4. The molecule has 4 unspecified atom stereocenters. The lowest BCUT2D eigenvalue weighted by Crippen LogP contribution is -3.10. The van der Waals surface area contributed by atoms with Gasteiger partial charge in [0, 0.05) is 31.1 Å². The summed E-state index contributed by atoms with van der Waals surface area (Å²) in [6.07, 6.45) is 14.1. The second-order valence-electron chi connectivity index (χ2n) is 11.5. The summed E-state index contributed by atoms with van der Waals surface area (Å²) >= 11 is 0. The molecule has 0 radical (unpaired) electrons. The number of hydrogen-bond acceptors (Lipinski definition) is 3. The third-order valence-electron chi connectivity index (χ3n) is 10.1. The normalized spacial score (nSPS) is 43.5. The van der Waals surface area contributed by atoms with Gasteiger partial charge in [-0.15, -0.1) is 0 Å². The molecule has 0 spiro atoms. The van der Waals surface area contributed by atoms with Crippen LogP contribution in [0.5, 0.6) is 0 Å². The van der Waals surface area contributed by atoms with Crippen molar-refractivity contribution in [3.05, 3.63) is 11.6 Å². The minimum Gasteiger partial charge on any atom is -0.462 e. The number of nitrogens with one attached hydrogen (secondary N) is 1. The highest BCUT2D eigenvalue weighted by atomic mass is 16.5. The standard InChI is InChI=1S/C26H39NO3/c1-25-12-9-19(30-24(29)11-16-27-14-3-4-15-27)17-18(25)5-6-20-21-7-8-23(28)26(21,2)13-10-22(20)25/h5,19-22H,3-4,6-17H2,1-2H3/p+1/t19?,20?,21?,22?,25-,26+/m1/s1. The van der Waals surface area contributed by atoms with E-state index in [1.54, 1.807) is 10.5 Å². The Morgan fingerprint density at radius 1 is 1.10 bits per heavy atom. The fourth-order valence-corrected chi connectivity index (χ4v) is 8.15. The maximum absolute atomic E-state index is 12.6. The van der Waals surface area contributed by atoms with Gasteiger partial charge in [0.1, 0.15) is 11.9 Å². The van der Waals surface area contributed by atoms with Crippen LogP contribution in [-0.2, 0) is 14.3 Å². The van der Waals surface area contributed by atoms with Crippen molar-refractivity contribution in [3.8, 4) is 0 Å². The molecular formula is C26H40NO3+. The molecule has 0 bridgehead atoms. The van der Waals surface area contributed by atoms with E-state index < -0.39 is 0 Å². The van der Waals surface area contributed by atoms with Gasteiger partial charge in [0.15, 0.2) is 0 Å². The van der Waals surface area contributed by atoms with Gasteiger partial charge in [-0.25, -0.2) is 0 Å². The Balaban J connectivity index is 1.22.